The van der Waals surface area contributed by atoms with Crippen molar-refractivity contribution in [2.24, 2.45) is 0 Å². The van der Waals surface area contributed by atoms with Crippen molar-refractivity contribution in [3.05, 3.63) is 23.7 Å². The quantitative estimate of drug-likeness (QED) is 0.687. The van der Waals surface area contributed by atoms with Crippen molar-refractivity contribution in [3.8, 4) is 0 Å². The molecule has 0 spiro atoms. The fourth-order valence-electron chi connectivity index (χ4n) is 4.03. The van der Waals surface area contributed by atoms with Gasteiger partial charge in [-0.15, -0.1) is 0 Å². The number of piperidine rings is 1. The van der Waals surface area contributed by atoms with Gasteiger partial charge in [-0.3, -0.25) is 9.89 Å². The van der Waals surface area contributed by atoms with Gasteiger partial charge in [0.05, 0.1) is 30.1 Å². The average molecular weight is 425 g/mol. The molecule has 4 heterocycles. The van der Waals surface area contributed by atoms with E-state index in [1.807, 2.05) is 14.1 Å². The fraction of sp³-hybridized carbons (Fsp3) is 0.556. The number of halogens is 3. The van der Waals surface area contributed by atoms with Crippen molar-refractivity contribution in [1.29, 1.82) is 0 Å². The zero-order valence-electron chi connectivity index (χ0n) is 16.5. The van der Waals surface area contributed by atoms with Gasteiger partial charge in [0.2, 0.25) is 11.9 Å². The zero-order valence-corrected chi connectivity index (χ0v) is 16.5. The van der Waals surface area contributed by atoms with Crippen LogP contribution in [-0.2, 0) is 10.4 Å². The average Bonchev–Trinajstić information content (AvgIpc) is 3.12. The molecule has 1 unspecified atom stereocenters. The van der Waals surface area contributed by atoms with Gasteiger partial charge in [0.25, 0.3) is 0 Å². The second kappa shape index (κ2) is 7.11. The third-order valence-corrected chi connectivity index (χ3v) is 5.64. The van der Waals surface area contributed by atoms with E-state index < -0.39 is 24.1 Å². The van der Waals surface area contributed by atoms with Gasteiger partial charge < -0.3 is 20.2 Å². The number of carbonyl (C=O) groups is 1. The first-order chi connectivity index (χ1) is 14.1. The van der Waals surface area contributed by atoms with Crippen molar-refractivity contribution in [1.82, 2.24) is 20.2 Å². The van der Waals surface area contributed by atoms with Gasteiger partial charge in [-0.2, -0.15) is 18.3 Å². The molecular formula is C18H22F3N7O2. The Balaban J connectivity index is 1.55. The molecule has 12 heteroatoms. The Labute approximate surface area is 170 Å². The number of anilines is 3. The molecule has 30 heavy (non-hydrogen) atoms. The van der Waals surface area contributed by atoms with E-state index in [0.717, 1.165) is 5.69 Å². The monoisotopic (exact) mass is 425 g/mol. The van der Waals surface area contributed by atoms with Crippen LogP contribution in [0.25, 0.3) is 0 Å². The number of rotatable bonds is 3. The summed E-state index contributed by atoms with van der Waals surface area (Å²) >= 11 is 0. The summed E-state index contributed by atoms with van der Waals surface area (Å²) in [5, 5.41) is 19.3. The molecule has 3 N–H and O–H groups in total. The number of aromatic nitrogens is 4. The van der Waals surface area contributed by atoms with Crippen LogP contribution in [-0.4, -0.2) is 64.5 Å². The predicted molar refractivity (Wildman–Crippen MR) is 102 cm³/mol. The minimum atomic E-state index is -5.00. The van der Waals surface area contributed by atoms with Crippen molar-refractivity contribution in [2.45, 2.75) is 37.0 Å². The molecule has 1 saturated heterocycles. The molecule has 2 aromatic heterocycles. The molecular weight excluding hydrogens is 403 g/mol. The lowest BCUT2D eigenvalue weighted by molar-refractivity contribution is -0.267. The summed E-state index contributed by atoms with van der Waals surface area (Å²) in [4.78, 5) is 24.1. The van der Waals surface area contributed by atoms with Gasteiger partial charge in [-0.25, -0.2) is 9.97 Å². The third-order valence-electron chi connectivity index (χ3n) is 5.64. The van der Waals surface area contributed by atoms with E-state index in [1.54, 1.807) is 17.3 Å². The molecule has 0 aromatic carbocycles. The highest BCUT2D eigenvalue weighted by atomic mass is 19.4. The van der Waals surface area contributed by atoms with Crippen molar-refractivity contribution >= 4 is 23.4 Å². The van der Waals surface area contributed by atoms with Crippen molar-refractivity contribution in [2.75, 3.05) is 42.3 Å². The summed E-state index contributed by atoms with van der Waals surface area (Å²) in [5.41, 5.74) is -2.56. The van der Waals surface area contributed by atoms with E-state index in [0.29, 0.717) is 31.9 Å². The number of H-pyrrole nitrogens is 1. The topological polar surface area (TPSA) is 110 Å². The van der Waals surface area contributed by atoms with Gasteiger partial charge in [-0.05, 0) is 12.8 Å². The minimum Gasteiger partial charge on any atom is -0.376 e. The van der Waals surface area contributed by atoms with Crippen LogP contribution in [0.15, 0.2) is 12.4 Å². The number of hydrogen-bond acceptors (Lipinski definition) is 7. The molecule has 162 valence electrons. The van der Waals surface area contributed by atoms with E-state index in [2.05, 4.69) is 30.4 Å². The van der Waals surface area contributed by atoms with E-state index in [9.17, 15) is 23.1 Å². The van der Waals surface area contributed by atoms with Crippen LogP contribution >= 0.6 is 0 Å². The highest BCUT2D eigenvalue weighted by Crippen LogP contribution is 2.49. The first-order valence-electron chi connectivity index (χ1n) is 9.52. The normalized spacial score (nSPS) is 22.6. The molecule has 9 nitrogen and oxygen atoms in total. The van der Waals surface area contributed by atoms with Gasteiger partial charge >= 0.3 is 6.18 Å². The van der Waals surface area contributed by atoms with Crippen LogP contribution < -0.4 is 15.1 Å². The van der Waals surface area contributed by atoms with Crippen LogP contribution in [0.1, 0.15) is 36.4 Å². The van der Waals surface area contributed by atoms with Gasteiger partial charge in [0.15, 0.2) is 11.4 Å². The number of amides is 1. The smallest absolute Gasteiger partial charge is 0.376 e. The Morgan fingerprint density at radius 3 is 2.43 bits per heavy atom. The van der Waals surface area contributed by atoms with Crippen LogP contribution in [0.5, 0.6) is 0 Å². The fourth-order valence-corrected chi connectivity index (χ4v) is 4.03. The molecule has 2 aromatic rings. The maximum absolute atomic E-state index is 13.7. The lowest BCUT2D eigenvalue weighted by Gasteiger charge is -2.37. The summed E-state index contributed by atoms with van der Waals surface area (Å²) in [6.45, 7) is 1.17. The van der Waals surface area contributed by atoms with E-state index >= 15 is 0 Å². The molecule has 1 fully saturated rings. The molecule has 1 amide bonds. The number of nitrogens with zero attached hydrogens (tertiary/aromatic N) is 5. The number of aromatic amines is 1. The van der Waals surface area contributed by atoms with Crippen molar-refractivity contribution < 1.29 is 23.1 Å². The SMILES string of the molecule is CN(C)c1ncc(N2CCC(c3[nH]nc4c3C(O)(C(F)(F)F)CC(=O)N4)CC2)cn1. The Bertz CT molecular complexity index is 936. The first-order valence-corrected chi connectivity index (χ1v) is 9.52. The molecule has 0 aliphatic carbocycles. The van der Waals surface area contributed by atoms with E-state index in [1.165, 1.54) is 0 Å². The number of carbonyl (C=O) groups excluding carboxylic acids is 1. The summed E-state index contributed by atoms with van der Waals surface area (Å²) in [5.74, 6) is -0.845. The van der Waals surface area contributed by atoms with Gasteiger partial charge in [0.1, 0.15) is 0 Å². The van der Waals surface area contributed by atoms with E-state index in [-0.39, 0.29) is 23.0 Å². The number of aliphatic hydroxyl groups is 1. The number of fused-ring (bicyclic) bond motifs is 1. The lowest BCUT2D eigenvalue weighted by atomic mass is 9.81. The Morgan fingerprint density at radius 1 is 1.23 bits per heavy atom. The first kappa shape index (κ1) is 20.4. The van der Waals surface area contributed by atoms with Crippen LogP contribution in [0, 0.1) is 0 Å². The highest BCUT2D eigenvalue weighted by molar-refractivity contribution is 5.94. The molecule has 0 bridgehead atoms. The summed E-state index contributed by atoms with van der Waals surface area (Å²) in [7, 11) is 3.69. The molecule has 0 radical (unpaired) electrons. The lowest BCUT2D eigenvalue weighted by Crippen LogP contribution is -2.48. The Hall–Kier alpha value is -2.89. The number of nitrogens with one attached hydrogen (secondary N) is 2. The van der Waals surface area contributed by atoms with Gasteiger partial charge in [0, 0.05) is 38.8 Å². The predicted octanol–water partition coefficient (Wildman–Crippen LogP) is 1.74. The van der Waals surface area contributed by atoms with Crippen LogP contribution in [0.2, 0.25) is 0 Å². The van der Waals surface area contributed by atoms with Crippen LogP contribution in [0.4, 0.5) is 30.6 Å². The van der Waals surface area contributed by atoms with E-state index in [4.69, 9.17) is 0 Å². The summed E-state index contributed by atoms with van der Waals surface area (Å²) in [6, 6.07) is 0. The van der Waals surface area contributed by atoms with Gasteiger partial charge in [-0.1, -0.05) is 0 Å². The highest BCUT2D eigenvalue weighted by Gasteiger charge is 2.61. The third kappa shape index (κ3) is 3.34. The maximum atomic E-state index is 13.7. The largest absolute Gasteiger partial charge is 0.422 e. The molecule has 4 rings (SSSR count). The Kier molecular flexibility index (Phi) is 4.83. The Morgan fingerprint density at radius 2 is 1.87 bits per heavy atom. The number of hydrogen-bond donors (Lipinski definition) is 3. The molecule has 2 aliphatic heterocycles. The summed E-state index contributed by atoms with van der Waals surface area (Å²) in [6.07, 6.45) is -1.54. The zero-order chi connectivity index (χ0) is 21.7. The molecule has 0 saturated carbocycles. The number of alkyl halides is 3. The summed E-state index contributed by atoms with van der Waals surface area (Å²) < 4.78 is 41.0. The molecule has 1 atom stereocenters. The standard InChI is InChI=1S/C18H22F3N7O2/c1-27(2)16-22-8-11(9-23-16)28-5-3-10(4-6-28)14-13-15(26-25-14)24-12(29)7-17(13,30)18(19,20)21/h8-10,30H,3-7H2,1-2H3,(H2,24,25,26,29). The van der Waals surface area contributed by atoms with Crippen molar-refractivity contribution in [3.63, 3.8) is 0 Å². The maximum Gasteiger partial charge on any atom is 0.422 e. The second-order valence-corrected chi connectivity index (χ2v) is 7.84. The minimum absolute atomic E-state index is 0.226. The van der Waals surface area contributed by atoms with Crippen LogP contribution in [0.3, 0.4) is 0 Å². The second-order valence-electron chi connectivity index (χ2n) is 7.84. The molecule has 2 aliphatic rings.